The second-order valence-corrected chi connectivity index (χ2v) is 6.64. The van der Waals surface area contributed by atoms with E-state index < -0.39 is 0 Å². The summed E-state index contributed by atoms with van der Waals surface area (Å²) in [6, 6.07) is 10.2. The predicted octanol–water partition coefficient (Wildman–Crippen LogP) is 3.91. The van der Waals surface area contributed by atoms with Gasteiger partial charge in [0.05, 0.1) is 5.69 Å². The molecule has 1 aliphatic rings. The Labute approximate surface area is 108 Å². The molecule has 92 valence electrons. The molecule has 0 N–H and O–H groups in total. The average Bonchev–Trinajstić information content (AvgIpc) is 2.26. The van der Waals surface area contributed by atoms with Crippen LogP contribution >= 0.6 is 11.8 Å². The van der Waals surface area contributed by atoms with E-state index in [9.17, 15) is 0 Å². The van der Waals surface area contributed by atoms with Crippen molar-refractivity contribution < 1.29 is 0 Å². The van der Waals surface area contributed by atoms with E-state index in [0.717, 1.165) is 10.9 Å². The van der Waals surface area contributed by atoms with Gasteiger partial charge in [0.25, 0.3) is 0 Å². The highest BCUT2D eigenvalue weighted by molar-refractivity contribution is 8.14. The molecule has 2 rings (SSSR count). The highest BCUT2D eigenvalue weighted by Crippen LogP contribution is 2.35. The Morgan fingerprint density at radius 2 is 1.94 bits per heavy atom. The van der Waals surface area contributed by atoms with Crippen molar-refractivity contribution >= 4 is 22.6 Å². The molecule has 0 amide bonds. The Kier molecular flexibility index (Phi) is 3.48. The summed E-state index contributed by atoms with van der Waals surface area (Å²) in [6.07, 6.45) is 1.20. The molecule has 0 saturated carbocycles. The van der Waals surface area contributed by atoms with Crippen LogP contribution in [-0.2, 0) is 0 Å². The van der Waals surface area contributed by atoms with E-state index in [-0.39, 0.29) is 5.54 Å². The fraction of sp³-hybridized carbons (Fsp3) is 0.500. The van der Waals surface area contributed by atoms with Crippen LogP contribution in [0.15, 0.2) is 35.3 Å². The van der Waals surface area contributed by atoms with Gasteiger partial charge in [-0.15, -0.1) is 0 Å². The van der Waals surface area contributed by atoms with Gasteiger partial charge in [0.2, 0.25) is 0 Å². The lowest BCUT2D eigenvalue weighted by atomic mass is 9.97. The molecule has 2 nitrogen and oxygen atoms in total. The highest BCUT2D eigenvalue weighted by Gasteiger charge is 2.34. The fourth-order valence-corrected chi connectivity index (χ4v) is 3.53. The summed E-state index contributed by atoms with van der Waals surface area (Å²) in [7, 11) is 2.14. The third-order valence-corrected chi connectivity index (χ3v) is 4.41. The number of amidine groups is 1. The normalized spacial score (nSPS) is 26.2. The van der Waals surface area contributed by atoms with E-state index in [1.54, 1.807) is 0 Å². The third-order valence-electron chi connectivity index (χ3n) is 3.27. The quantitative estimate of drug-likeness (QED) is 0.749. The Hall–Kier alpha value is -0.960. The minimum Gasteiger partial charge on any atom is -0.349 e. The summed E-state index contributed by atoms with van der Waals surface area (Å²) >= 11 is 1.87. The van der Waals surface area contributed by atoms with Crippen LogP contribution in [0, 0.1) is 0 Å². The zero-order chi connectivity index (χ0) is 12.5. The van der Waals surface area contributed by atoms with Crippen molar-refractivity contribution in [3.8, 4) is 0 Å². The maximum atomic E-state index is 4.75. The second-order valence-electron chi connectivity index (χ2n) is 5.23. The summed E-state index contributed by atoms with van der Waals surface area (Å²) in [5.74, 6) is 0. The molecule has 3 heteroatoms. The maximum Gasteiger partial charge on any atom is 0.164 e. The van der Waals surface area contributed by atoms with Crippen LogP contribution in [0.2, 0.25) is 0 Å². The van der Waals surface area contributed by atoms with Gasteiger partial charge in [-0.25, -0.2) is 4.99 Å². The van der Waals surface area contributed by atoms with Crippen molar-refractivity contribution in [2.24, 2.45) is 4.99 Å². The van der Waals surface area contributed by atoms with Gasteiger partial charge in [-0.1, -0.05) is 36.9 Å². The molecule has 1 unspecified atom stereocenters. The first-order chi connectivity index (χ1) is 7.99. The standard InChI is InChI=1S/C14H20N2S/c1-11-10-14(2,3)16(4)13(17-11)15-12-8-6-5-7-9-12/h5-9,11H,10H2,1-4H3. The molecule has 0 spiro atoms. The number of para-hydroxylation sites is 1. The molecule has 1 heterocycles. The molecule has 1 fully saturated rings. The molecular weight excluding hydrogens is 228 g/mol. The SMILES string of the molecule is CC1CC(C)(C)N(C)C(=Nc2ccccc2)S1. The monoisotopic (exact) mass is 248 g/mol. The molecular formula is C14H20N2S. The van der Waals surface area contributed by atoms with Crippen molar-refractivity contribution in [2.75, 3.05) is 7.05 Å². The lowest BCUT2D eigenvalue weighted by Gasteiger charge is -2.44. The minimum absolute atomic E-state index is 0.193. The Bertz CT molecular complexity index is 411. The highest BCUT2D eigenvalue weighted by atomic mass is 32.2. The molecule has 1 saturated heterocycles. The Morgan fingerprint density at radius 1 is 1.29 bits per heavy atom. The fourth-order valence-electron chi connectivity index (χ4n) is 2.11. The summed E-state index contributed by atoms with van der Waals surface area (Å²) in [5.41, 5.74) is 1.23. The van der Waals surface area contributed by atoms with Crippen molar-refractivity contribution in [3.05, 3.63) is 30.3 Å². The van der Waals surface area contributed by atoms with E-state index >= 15 is 0 Å². The van der Waals surface area contributed by atoms with Crippen molar-refractivity contribution in [3.63, 3.8) is 0 Å². The van der Waals surface area contributed by atoms with Crippen LogP contribution in [0.3, 0.4) is 0 Å². The molecule has 0 aliphatic carbocycles. The predicted molar refractivity (Wildman–Crippen MR) is 77.0 cm³/mol. The first-order valence-corrected chi connectivity index (χ1v) is 6.91. The molecule has 0 bridgehead atoms. The van der Waals surface area contributed by atoms with Crippen LogP contribution in [0.1, 0.15) is 27.2 Å². The summed E-state index contributed by atoms with van der Waals surface area (Å²) in [4.78, 5) is 7.05. The number of aliphatic imine (C=N–C) groups is 1. The number of nitrogens with zero attached hydrogens (tertiary/aromatic N) is 2. The number of hydrogen-bond acceptors (Lipinski definition) is 2. The van der Waals surface area contributed by atoms with E-state index in [1.165, 1.54) is 6.42 Å². The molecule has 17 heavy (non-hydrogen) atoms. The first-order valence-electron chi connectivity index (χ1n) is 6.03. The van der Waals surface area contributed by atoms with Crippen molar-refractivity contribution in [1.29, 1.82) is 0 Å². The number of rotatable bonds is 1. The molecule has 0 aromatic heterocycles. The molecule has 1 aromatic carbocycles. The Morgan fingerprint density at radius 3 is 2.59 bits per heavy atom. The van der Waals surface area contributed by atoms with E-state index in [4.69, 9.17) is 4.99 Å². The van der Waals surface area contributed by atoms with Gasteiger partial charge in [-0.3, -0.25) is 0 Å². The van der Waals surface area contributed by atoms with Crippen LogP contribution in [0.5, 0.6) is 0 Å². The lowest BCUT2D eigenvalue weighted by molar-refractivity contribution is 0.236. The van der Waals surface area contributed by atoms with Crippen LogP contribution < -0.4 is 0 Å². The molecule has 0 radical (unpaired) electrons. The maximum absolute atomic E-state index is 4.75. The number of benzene rings is 1. The third kappa shape index (κ3) is 2.83. The van der Waals surface area contributed by atoms with E-state index in [0.29, 0.717) is 5.25 Å². The summed E-state index contributed by atoms with van der Waals surface area (Å²) in [6.45, 7) is 6.84. The van der Waals surface area contributed by atoms with Crippen LogP contribution in [0.25, 0.3) is 0 Å². The number of thioether (sulfide) groups is 1. The number of hydrogen-bond donors (Lipinski definition) is 0. The topological polar surface area (TPSA) is 15.6 Å². The van der Waals surface area contributed by atoms with Gasteiger partial charge in [0, 0.05) is 17.8 Å². The second kappa shape index (κ2) is 4.73. The summed E-state index contributed by atoms with van der Waals surface area (Å²) < 4.78 is 0. The largest absolute Gasteiger partial charge is 0.349 e. The van der Waals surface area contributed by atoms with Crippen LogP contribution in [-0.4, -0.2) is 27.9 Å². The van der Waals surface area contributed by atoms with Crippen molar-refractivity contribution in [1.82, 2.24) is 4.90 Å². The zero-order valence-electron chi connectivity index (χ0n) is 11.0. The van der Waals surface area contributed by atoms with E-state index in [1.807, 2.05) is 42.1 Å². The Balaban J connectivity index is 2.28. The van der Waals surface area contributed by atoms with Gasteiger partial charge >= 0.3 is 0 Å². The van der Waals surface area contributed by atoms with Gasteiger partial charge in [0.1, 0.15) is 0 Å². The molecule has 1 aromatic rings. The zero-order valence-corrected chi connectivity index (χ0v) is 11.8. The average molecular weight is 248 g/mol. The summed E-state index contributed by atoms with van der Waals surface area (Å²) in [5, 5.41) is 1.75. The van der Waals surface area contributed by atoms with Crippen molar-refractivity contribution in [2.45, 2.75) is 38.0 Å². The lowest BCUT2D eigenvalue weighted by Crippen LogP contribution is -2.49. The van der Waals surface area contributed by atoms with Gasteiger partial charge in [-0.05, 0) is 32.4 Å². The smallest absolute Gasteiger partial charge is 0.164 e. The first kappa shape index (κ1) is 12.5. The molecule has 1 atom stereocenters. The minimum atomic E-state index is 0.193. The van der Waals surface area contributed by atoms with Crippen LogP contribution in [0.4, 0.5) is 5.69 Å². The van der Waals surface area contributed by atoms with Gasteiger partial charge in [0.15, 0.2) is 5.17 Å². The van der Waals surface area contributed by atoms with Gasteiger partial charge in [-0.2, -0.15) is 0 Å². The van der Waals surface area contributed by atoms with Gasteiger partial charge < -0.3 is 4.90 Å². The van der Waals surface area contributed by atoms with E-state index in [2.05, 4.69) is 32.7 Å². The molecule has 1 aliphatic heterocycles.